The molecule has 2 aromatic rings. The number of hydrogen-bond acceptors (Lipinski definition) is 5. The molecule has 20 heavy (non-hydrogen) atoms. The SMILES string of the molecule is Nc1cc(Br)c(F)cc1N1CCN(c2nccs2)CC1. The van der Waals surface area contributed by atoms with Gasteiger partial charge in [-0.25, -0.2) is 9.37 Å². The van der Waals surface area contributed by atoms with Crippen LogP contribution >= 0.6 is 27.3 Å². The van der Waals surface area contributed by atoms with E-state index in [4.69, 9.17) is 5.73 Å². The van der Waals surface area contributed by atoms with Gasteiger partial charge in [-0.3, -0.25) is 0 Å². The summed E-state index contributed by atoms with van der Waals surface area (Å²) < 4.78 is 14.1. The standard InChI is InChI=1S/C13H14BrFN4S/c14-9-7-11(16)12(8-10(9)15)18-2-4-19(5-3-18)13-17-1-6-20-13/h1,6-8H,2-5,16H2. The minimum Gasteiger partial charge on any atom is -0.397 e. The Morgan fingerprint density at radius 1 is 1.20 bits per heavy atom. The highest BCUT2D eigenvalue weighted by Crippen LogP contribution is 2.30. The van der Waals surface area contributed by atoms with Crippen LogP contribution in [0.2, 0.25) is 0 Å². The number of halogens is 2. The molecule has 1 fully saturated rings. The predicted molar refractivity (Wildman–Crippen MR) is 85.1 cm³/mol. The number of aromatic nitrogens is 1. The summed E-state index contributed by atoms with van der Waals surface area (Å²) in [6.45, 7) is 3.35. The molecule has 0 spiro atoms. The summed E-state index contributed by atoms with van der Waals surface area (Å²) in [5.41, 5.74) is 7.35. The average molecular weight is 357 g/mol. The summed E-state index contributed by atoms with van der Waals surface area (Å²) >= 11 is 4.79. The number of nitrogens with zero attached hydrogens (tertiary/aromatic N) is 3. The molecule has 2 heterocycles. The number of nitrogen functional groups attached to an aromatic ring is 1. The van der Waals surface area contributed by atoms with Gasteiger partial charge >= 0.3 is 0 Å². The number of piperazine rings is 1. The van der Waals surface area contributed by atoms with Gasteiger partial charge in [0.1, 0.15) is 5.82 Å². The maximum absolute atomic E-state index is 13.7. The second-order valence-corrected chi connectivity index (χ2v) is 6.34. The molecule has 0 aliphatic carbocycles. The molecule has 0 saturated carbocycles. The number of thiazole rings is 1. The van der Waals surface area contributed by atoms with Crippen molar-refractivity contribution in [2.24, 2.45) is 0 Å². The number of anilines is 3. The average Bonchev–Trinajstić information content (AvgIpc) is 2.97. The molecule has 1 saturated heterocycles. The molecule has 0 bridgehead atoms. The van der Waals surface area contributed by atoms with Gasteiger partial charge in [-0.2, -0.15) is 0 Å². The molecule has 1 aliphatic heterocycles. The Kier molecular flexibility index (Phi) is 3.80. The topological polar surface area (TPSA) is 45.4 Å². The van der Waals surface area contributed by atoms with E-state index in [1.165, 1.54) is 6.07 Å². The van der Waals surface area contributed by atoms with Crippen LogP contribution in [0.1, 0.15) is 0 Å². The van der Waals surface area contributed by atoms with E-state index in [0.29, 0.717) is 10.2 Å². The summed E-state index contributed by atoms with van der Waals surface area (Å²) in [5, 5.41) is 3.02. The molecule has 0 unspecified atom stereocenters. The lowest BCUT2D eigenvalue weighted by atomic mass is 10.2. The van der Waals surface area contributed by atoms with Crippen LogP contribution in [0.15, 0.2) is 28.2 Å². The van der Waals surface area contributed by atoms with Gasteiger partial charge in [-0.15, -0.1) is 11.3 Å². The van der Waals surface area contributed by atoms with E-state index >= 15 is 0 Å². The van der Waals surface area contributed by atoms with Gasteiger partial charge in [0.15, 0.2) is 5.13 Å². The van der Waals surface area contributed by atoms with Gasteiger partial charge in [0.05, 0.1) is 15.8 Å². The van der Waals surface area contributed by atoms with Crippen molar-refractivity contribution in [1.29, 1.82) is 0 Å². The van der Waals surface area contributed by atoms with Crippen molar-refractivity contribution in [2.75, 3.05) is 41.7 Å². The number of hydrogen-bond donors (Lipinski definition) is 1. The van der Waals surface area contributed by atoms with Gasteiger partial charge in [0.25, 0.3) is 0 Å². The highest BCUT2D eigenvalue weighted by atomic mass is 79.9. The molecule has 1 aromatic carbocycles. The number of nitrogens with two attached hydrogens (primary N) is 1. The predicted octanol–water partition coefficient (Wildman–Crippen LogP) is 2.95. The van der Waals surface area contributed by atoms with Crippen molar-refractivity contribution >= 4 is 43.8 Å². The van der Waals surface area contributed by atoms with Crippen LogP contribution in [0.25, 0.3) is 0 Å². The summed E-state index contributed by atoms with van der Waals surface area (Å²) in [6.07, 6.45) is 1.81. The summed E-state index contributed by atoms with van der Waals surface area (Å²) in [4.78, 5) is 8.68. The van der Waals surface area contributed by atoms with Crippen LogP contribution < -0.4 is 15.5 Å². The van der Waals surface area contributed by atoms with E-state index in [1.807, 2.05) is 11.6 Å². The fourth-order valence-electron chi connectivity index (χ4n) is 2.34. The van der Waals surface area contributed by atoms with Crippen molar-refractivity contribution in [3.63, 3.8) is 0 Å². The molecule has 0 radical (unpaired) electrons. The summed E-state index contributed by atoms with van der Waals surface area (Å²) in [7, 11) is 0. The molecule has 0 amide bonds. The molecule has 1 aliphatic rings. The van der Waals surface area contributed by atoms with Crippen LogP contribution in [0, 0.1) is 5.82 Å². The van der Waals surface area contributed by atoms with Crippen molar-refractivity contribution in [2.45, 2.75) is 0 Å². The zero-order valence-electron chi connectivity index (χ0n) is 10.7. The van der Waals surface area contributed by atoms with Crippen LogP contribution in [0.4, 0.5) is 20.9 Å². The molecule has 106 valence electrons. The smallest absolute Gasteiger partial charge is 0.185 e. The molecular formula is C13H14BrFN4S. The number of benzene rings is 1. The number of rotatable bonds is 2. The van der Waals surface area contributed by atoms with Crippen LogP contribution in [-0.4, -0.2) is 31.2 Å². The Bertz CT molecular complexity index is 597. The molecule has 4 nitrogen and oxygen atoms in total. The van der Waals surface area contributed by atoms with Crippen molar-refractivity contribution in [3.05, 3.63) is 34.0 Å². The first kappa shape index (κ1) is 13.6. The van der Waals surface area contributed by atoms with E-state index in [-0.39, 0.29) is 5.82 Å². The summed E-state index contributed by atoms with van der Waals surface area (Å²) in [6, 6.07) is 3.12. The van der Waals surface area contributed by atoms with E-state index in [0.717, 1.165) is 37.0 Å². The second kappa shape index (κ2) is 5.57. The van der Waals surface area contributed by atoms with Crippen molar-refractivity contribution in [1.82, 2.24) is 4.98 Å². The molecule has 0 atom stereocenters. The maximum atomic E-state index is 13.7. The quantitative estimate of drug-likeness (QED) is 0.840. The lowest BCUT2D eigenvalue weighted by Gasteiger charge is -2.36. The van der Waals surface area contributed by atoms with Crippen LogP contribution in [0.5, 0.6) is 0 Å². The van der Waals surface area contributed by atoms with E-state index in [9.17, 15) is 4.39 Å². The Hall–Kier alpha value is -1.34. The lowest BCUT2D eigenvalue weighted by molar-refractivity contribution is 0.615. The van der Waals surface area contributed by atoms with E-state index in [1.54, 1.807) is 17.4 Å². The van der Waals surface area contributed by atoms with E-state index < -0.39 is 0 Å². The molecule has 3 rings (SSSR count). The maximum Gasteiger partial charge on any atom is 0.185 e. The highest BCUT2D eigenvalue weighted by Gasteiger charge is 2.21. The third kappa shape index (κ3) is 2.60. The minimum absolute atomic E-state index is 0.281. The van der Waals surface area contributed by atoms with Crippen molar-refractivity contribution < 1.29 is 4.39 Å². The Labute approximate surface area is 129 Å². The first-order valence-electron chi connectivity index (χ1n) is 6.29. The Balaban J connectivity index is 1.74. The first-order valence-corrected chi connectivity index (χ1v) is 7.96. The second-order valence-electron chi connectivity index (χ2n) is 4.61. The van der Waals surface area contributed by atoms with E-state index in [2.05, 4.69) is 30.7 Å². The lowest BCUT2D eigenvalue weighted by Crippen LogP contribution is -2.46. The third-order valence-electron chi connectivity index (χ3n) is 3.38. The van der Waals surface area contributed by atoms with Crippen LogP contribution in [0.3, 0.4) is 0 Å². The minimum atomic E-state index is -0.281. The van der Waals surface area contributed by atoms with Crippen molar-refractivity contribution in [3.8, 4) is 0 Å². The van der Waals surface area contributed by atoms with Crippen LogP contribution in [-0.2, 0) is 0 Å². The fraction of sp³-hybridized carbons (Fsp3) is 0.308. The normalized spacial score (nSPS) is 15.7. The first-order chi connectivity index (χ1) is 9.65. The largest absolute Gasteiger partial charge is 0.397 e. The molecule has 7 heteroatoms. The monoisotopic (exact) mass is 356 g/mol. The Morgan fingerprint density at radius 3 is 2.55 bits per heavy atom. The molecular weight excluding hydrogens is 343 g/mol. The third-order valence-corrected chi connectivity index (χ3v) is 4.82. The fourth-order valence-corrected chi connectivity index (χ4v) is 3.39. The van der Waals surface area contributed by atoms with Gasteiger partial charge in [0.2, 0.25) is 0 Å². The molecule has 1 aromatic heterocycles. The van der Waals surface area contributed by atoms with Gasteiger partial charge < -0.3 is 15.5 Å². The highest BCUT2D eigenvalue weighted by molar-refractivity contribution is 9.10. The van der Waals surface area contributed by atoms with Gasteiger partial charge in [-0.05, 0) is 22.0 Å². The van der Waals surface area contributed by atoms with Gasteiger partial charge in [0, 0.05) is 43.8 Å². The summed E-state index contributed by atoms with van der Waals surface area (Å²) in [5.74, 6) is -0.281. The molecule has 2 N–H and O–H groups in total. The Morgan fingerprint density at radius 2 is 1.90 bits per heavy atom. The zero-order valence-corrected chi connectivity index (χ0v) is 13.1. The zero-order chi connectivity index (χ0) is 14.1. The van der Waals surface area contributed by atoms with Gasteiger partial charge in [-0.1, -0.05) is 0 Å².